The third-order valence-corrected chi connectivity index (χ3v) is 5.30. The Kier molecular flexibility index (Phi) is 5.26. The predicted octanol–water partition coefficient (Wildman–Crippen LogP) is 3.82. The van der Waals surface area contributed by atoms with Crippen molar-refractivity contribution in [2.24, 2.45) is 0 Å². The average Bonchev–Trinajstić information content (AvgIpc) is 3.44. The van der Waals surface area contributed by atoms with Gasteiger partial charge in [0.2, 0.25) is 0 Å². The predicted molar refractivity (Wildman–Crippen MR) is 117 cm³/mol. The Morgan fingerprint density at radius 1 is 1.12 bits per heavy atom. The maximum atomic E-state index is 14.7. The van der Waals surface area contributed by atoms with E-state index >= 15 is 0 Å². The largest absolute Gasteiger partial charge is 0.379 e. The van der Waals surface area contributed by atoms with Crippen LogP contribution >= 0.6 is 11.6 Å². The Morgan fingerprint density at radius 2 is 1.97 bits per heavy atom. The molecule has 1 saturated heterocycles. The molecule has 11 heteroatoms. The number of nitrogens with one attached hydrogen (secondary N) is 2. The number of nitrogens with zero attached hydrogens (tertiary/aromatic N) is 6. The Labute approximate surface area is 186 Å². The number of fused-ring (bicyclic) bond motifs is 1. The first-order chi connectivity index (χ1) is 15.6. The highest BCUT2D eigenvalue weighted by Gasteiger charge is 2.17. The molecule has 2 N–H and O–H groups in total. The van der Waals surface area contributed by atoms with E-state index < -0.39 is 5.82 Å². The van der Waals surface area contributed by atoms with Crippen molar-refractivity contribution in [3.63, 3.8) is 0 Å². The van der Waals surface area contributed by atoms with E-state index in [-0.39, 0.29) is 22.3 Å². The summed E-state index contributed by atoms with van der Waals surface area (Å²) in [4.78, 5) is 12.9. The van der Waals surface area contributed by atoms with Gasteiger partial charge in [-0.15, -0.1) is 0 Å². The maximum absolute atomic E-state index is 14.7. The minimum absolute atomic E-state index is 0.0603. The van der Waals surface area contributed by atoms with Crippen LogP contribution in [0.15, 0.2) is 43.0 Å². The molecular weight excluding hydrogens is 435 g/mol. The topological polar surface area (TPSA) is 114 Å². The highest BCUT2D eigenvalue weighted by Crippen LogP contribution is 2.29. The average molecular weight is 451 g/mol. The van der Waals surface area contributed by atoms with E-state index in [9.17, 15) is 4.39 Å². The molecule has 1 aliphatic heterocycles. The fourth-order valence-electron chi connectivity index (χ4n) is 3.49. The van der Waals surface area contributed by atoms with Gasteiger partial charge in [0.15, 0.2) is 5.82 Å². The fraction of sp³-hybridized carbons (Fsp3) is 0.190. The molecule has 1 aromatic carbocycles. The van der Waals surface area contributed by atoms with Crippen LogP contribution in [0, 0.1) is 17.1 Å². The van der Waals surface area contributed by atoms with Gasteiger partial charge in [-0.1, -0.05) is 11.6 Å². The molecular formula is C21H16ClFN8O. The summed E-state index contributed by atoms with van der Waals surface area (Å²) in [6.45, 7) is 1.37. The number of halogens is 2. The summed E-state index contributed by atoms with van der Waals surface area (Å²) in [7, 11) is 0. The zero-order valence-electron chi connectivity index (χ0n) is 16.6. The van der Waals surface area contributed by atoms with E-state index in [4.69, 9.17) is 21.6 Å². The van der Waals surface area contributed by atoms with E-state index in [1.165, 1.54) is 17.1 Å². The van der Waals surface area contributed by atoms with Gasteiger partial charge in [-0.3, -0.25) is 0 Å². The fourth-order valence-corrected chi connectivity index (χ4v) is 3.78. The van der Waals surface area contributed by atoms with Crippen molar-refractivity contribution >= 4 is 40.0 Å². The molecule has 0 aliphatic carbocycles. The van der Waals surface area contributed by atoms with Gasteiger partial charge in [0.25, 0.3) is 0 Å². The van der Waals surface area contributed by atoms with E-state index in [2.05, 4.69) is 30.7 Å². The van der Waals surface area contributed by atoms with Crippen molar-refractivity contribution in [1.29, 1.82) is 5.26 Å². The molecule has 5 rings (SSSR count). The summed E-state index contributed by atoms with van der Waals surface area (Å²) < 4.78 is 21.4. The minimum atomic E-state index is -0.646. The molecule has 0 saturated carbocycles. The SMILES string of the molecule is N#Cc1cc(F)c(-n2ncc3cnc(Nc4cc(N[C@H]5CCOC5)ncn4)cc32)c(Cl)c1. The second-order valence-electron chi connectivity index (χ2n) is 7.20. The van der Waals surface area contributed by atoms with Crippen LogP contribution in [0.2, 0.25) is 5.02 Å². The number of aromatic nitrogens is 5. The van der Waals surface area contributed by atoms with Gasteiger partial charge in [0, 0.05) is 30.3 Å². The molecule has 0 radical (unpaired) electrons. The standard InChI is InChI=1S/C21H16ClFN8O/c22-15-3-12(7-24)4-16(23)21(15)31-17-5-18(25-8-13(17)9-28-31)30-20-6-19(26-11-27-20)29-14-1-2-32-10-14/h3-6,8-9,11,14H,1-2,10H2,(H2,25,26,27,29,30)/t14-/m0/s1. The summed E-state index contributed by atoms with van der Waals surface area (Å²) in [6.07, 6.45) is 5.56. The number of rotatable bonds is 5. The van der Waals surface area contributed by atoms with Crippen LogP contribution < -0.4 is 10.6 Å². The molecule has 32 heavy (non-hydrogen) atoms. The van der Waals surface area contributed by atoms with Crippen LogP contribution in [0.4, 0.5) is 21.8 Å². The molecule has 0 spiro atoms. The normalized spacial score (nSPS) is 15.6. The summed E-state index contributed by atoms with van der Waals surface area (Å²) >= 11 is 6.25. The van der Waals surface area contributed by atoms with Crippen molar-refractivity contribution in [2.45, 2.75) is 12.5 Å². The Balaban J connectivity index is 1.46. The van der Waals surface area contributed by atoms with E-state index in [0.717, 1.165) is 19.1 Å². The lowest BCUT2D eigenvalue weighted by Gasteiger charge is -2.12. The van der Waals surface area contributed by atoms with E-state index in [1.807, 2.05) is 6.07 Å². The van der Waals surface area contributed by atoms with Gasteiger partial charge >= 0.3 is 0 Å². The van der Waals surface area contributed by atoms with Gasteiger partial charge in [-0.2, -0.15) is 10.4 Å². The van der Waals surface area contributed by atoms with Crippen molar-refractivity contribution in [1.82, 2.24) is 24.7 Å². The first-order valence-electron chi connectivity index (χ1n) is 9.77. The van der Waals surface area contributed by atoms with Crippen LogP contribution in [0.3, 0.4) is 0 Å². The maximum Gasteiger partial charge on any atom is 0.151 e. The quantitative estimate of drug-likeness (QED) is 0.471. The number of nitriles is 1. The molecule has 9 nitrogen and oxygen atoms in total. The minimum Gasteiger partial charge on any atom is -0.379 e. The van der Waals surface area contributed by atoms with Crippen LogP contribution in [0.25, 0.3) is 16.6 Å². The van der Waals surface area contributed by atoms with Crippen molar-refractivity contribution in [3.8, 4) is 11.8 Å². The van der Waals surface area contributed by atoms with Crippen molar-refractivity contribution < 1.29 is 9.13 Å². The third-order valence-electron chi connectivity index (χ3n) is 5.02. The van der Waals surface area contributed by atoms with Gasteiger partial charge < -0.3 is 15.4 Å². The molecule has 1 aliphatic rings. The molecule has 1 fully saturated rings. The lowest BCUT2D eigenvalue weighted by atomic mass is 10.2. The van der Waals surface area contributed by atoms with Crippen molar-refractivity contribution in [3.05, 3.63) is 59.4 Å². The highest BCUT2D eigenvalue weighted by atomic mass is 35.5. The number of anilines is 3. The molecule has 3 aromatic heterocycles. The zero-order chi connectivity index (χ0) is 22.1. The molecule has 0 unspecified atom stereocenters. The first kappa shape index (κ1) is 20.1. The molecule has 0 amide bonds. The number of pyridine rings is 1. The number of hydrogen-bond donors (Lipinski definition) is 2. The Hall–Kier alpha value is -3.81. The number of ether oxygens (including phenoxy) is 1. The Morgan fingerprint density at radius 3 is 2.75 bits per heavy atom. The van der Waals surface area contributed by atoms with Gasteiger partial charge in [-0.05, 0) is 18.6 Å². The van der Waals surface area contributed by atoms with E-state index in [1.54, 1.807) is 24.5 Å². The summed E-state index contributed by atoms with van der Waals surface area (Å²) in [5.41, 5.74) is 0.780. The molecule has 0 bridgehead atoms. The first-order valence-corrected chi connectivity index (χ1v) is 10.1. The molecule has 160 valence electrons. The second kappa shape index (κ2) is 8.37. The highest BCUT2D eigenvalue weighted by molar-refractivity contribution is 6.32. The second-order valence-corrected chi connectivity index (χ2v) is 7.61. The third kappa shape index (κ3) is 3.91. The molecule has 4 heterocycles. The van der Waals surface area contributed by atoms with Crippen LogP contribution in [-0.4, -0.2) is 44.0 Å². The summed E-state index contributed by atoms with van der Waals surface area (Å²) in [5, 5.41) is 20.5. The number of benzene rings is 1. The zero-order valence-corrected chi connectivity index (χ0v) is 17.3. The molecule has 1 atom stereocenters. The van der Waals surface area contributed by atoms with Crippen LogP contribution in [0.5, 0.6) is 0 Å². The van der Waals surface area contributed by atoms with Crippen LogP contribution in [-0.2, 0) is 4.74 Å². The molecule has 4 aromatic rings. The van der Waals surface area contributed by atoms with Gasteiger partial charge in [0.05, 0.1) is 41.0 Å². The Bertz CT molecular complexity index is 1320. The van der Waals surface area contributed by atoms with Crippen LogP contribution in [0.1, 0.15) is 12.0 Å². The monoisotopic (exact) mass is 450 g/mol. The lowest BCUT2D eigenvalue weighted by molar-refractivity contribution is 0.195. The number of hydrogen-bond acceptors (Lipinski definition) is 8. The lowest BCUT2D eigenvalue weighted by Crippen LogP contribution is -2.19. The van der Waals surface area contributed by atoms with Gasteiger partial charge in [-0.25, -0.2) is 24.0 Å². The summed E-state index contributed by atoms with van der Waals surface area (Å²) in [5.74, 6) is 1.06. The van der Waals surface area contributed by atoms with Gasteiger partial charge in [0.1, 0.15) is 29.5 Å². The smallest absolute Gasteiger partial charge is 0.151 e. The van der Waals surface area contributed by atoms with Crippen molar-refractivity contribution in [2.75, 3.05) is 23.8 Å². The van der Waals surface area contributed by atoms with E-state index in [0.29, 0.717) is 35.0 Å². The summed E-state index contributed by atoms with van der Waals surface area (Å²) in [6, 6.07) is 8.12.